The maximum Gasteiger partial charge on any atom is 0.337 e. The molecule has 0 bridgehead atoms. The van der Waals surface area contributed by atoms with Gasteiger partial charge in [0.05, 0.1) is 179 Å². The van der Waals surface area contributed by atoms with Crippen LogP contribution in [-0.4, -0.2) is 131 Å². The molecule has 558 valence electrons. The molecule has 0 saturated heterocycles. The van der Waals surface area contributed by atoms with Crippen LogP contribution in [0.15, 0.2) is 152 Å². The third kappa shape index (κ3) is 22.0. The number of methoxy groups -OCH3 is 2. The van der Waals surface area contributed by atoms with Crippen molar-refractivity contribution >= 4 is 47.2 Å². The third-order valence-corrected chi connectivity index (χ3v) is 15.2. The first-order chi connectivity index (χ1) is 53.7. The number of carbonyl (C=O) groups excluding carboxylic acids is 2. The molecule has 0 aliphatic heterocycles. The van der Waals surface area contributed by atoms with E-state index < -0.39 is 23.4 Å². The van der Waals surface area contributed by atoms with Crippen LogP contribution < -0.4 is 34.4 Å². The second-order valence-corrected chi connectivity index (χ2v) is 22.9. The van der Waals surface area contributed by atoms with Gasteiger partial charge in [-0.1, -0.05) is 119 Å². The molecule has 13 rings (SSSR count). The van der Waals surface area contributed by atoms with Crippen LogP contribution in [0.1, 0.15) is 104 Å². The number of carbonyl (C=O) groups is 2. The minimum atomic E-state index is -1.54. The van der Waals surface area contributed by atoms with Crippen molar-refractivity contribution in [2.24, 2.45) is 0 Å². The standard InChI is InChI=1S/C19H19N7O2.C17H14F3N7.C17H17N7.C13H11N3O2.C11H9N3/c1-3-16-15(17(20)23-19(21)22-16)6-4-5-13-11-26(25-24-13)14-9-7-12(8-10-14)18(27)28-2;1-2-14-11(16(21)24-17(22)23-14)5-3-4-9-8-27(26-25-9)10-6-12(18)15(20)13(19)7-10;1-2-15-14(16(18)21-17(19)20-15)10-6-7-12-11-24(23-22-12)13-8-4-3-5-9-13;1-3-4-11-9-16(15-14-11)12-7-5-10(6-8-12)13(17)18-2;1-2-6-10-9-14(13-12-10)11-7-4-3-5-8-11/h7-11H,3,5H2,1-2H3,(H4,20,21,22,23);6-8H,2,4H2,1H3,(H4,21,22,23,24);3-5,8-9,11H,2,7H2,1H3,(H4,18,19,20,21);1,5-9H,4H2,2H3;1,3-5,7-9H,6H2. The Hall–Kier alpha value is -15.6. The predicted molar refractivity (Wildman–Crippen MR) is 407 cm³/mol. The second-order valence-electron chi connectivity index (χ2n) is 22.9. The average molecular weight is 1490 g/mol. The van der Waals surface area contributed by atoms with Gasteiger partial charge in [-0.2, -0.15) is 15.0 Å². The highest BCUT2D eigenvalue weighted by Crippen LogP contribution is 2.21. The molecule has 0 unspecified atom stereocenters. The molecule has 0 aliphatic rings. The van der Waals surface area contributed by atoms with E-state index in [0.717, 1.165) is 62.3 Å². The summed E-state index contributed by atoms with van der Waals surface area (Å²) in [6, 6.07) is 35.0. The van der Waals surface area contributed by atoms with Gasteiger partial charge in [-0.15, -0.1) is 50.2 Å². The first-order valence-electron chi connectivity index (χ1n) is 33.5. The number of hydrogen-bond donors (Lipinski definition) is 6. The summed E-state index contributed by atoms with van der Waals surface area (Å²) in [4.78, 5) is 47.0. The normalized spacial score (nSPS) is 10.1. The Morgan fingerprint density at radius 3 is 0.928 bits per heavy atom. The summed E-state index contributed by atoms with van der Waals surface area (Å²) < 4.78 is 56.8. The number of nitrogen functional groups attached to an aromatic ring is 6. The van der Waals surface area contributed by atoms with Gasteiger partial charge in [0.15, 0.2) is 17.5 Å². The molecule has 0 radical (unpaired) electrons. The van der Waals surface area contributed by atoms with E-state index in [1.165, 1.54) is 20.4 Å². The number of halogens is 3. The van der Waals surface area contributed by atoms with E-state index in [0.29, 0.717) is 101 Å². The van der Waals surface area contributed by atoms with E-state index in [2.05, 4.69) is 138 Å². The molecule has 13 aromatic rings. The van der Waals surface area contributed by atoms with E-state index in [1.807, 2.05) is 93.8 Å². The summed E-state index contributed by atoms with van der Waals surface area (Å²) >= 11 is 0. The summed E-state index contributed by atoms with van der Waals surface area (Å²) in [5, 5.41) is 39.9. The van der Waals surface area contributed by atoms with Crippen LogP contribution in [0.3, 0.4) is 0 Å². The molecule has 5 aromatic carbocycles. The number of hydrogen-bond acceptors (Lipinski definition) is 26. The molecule has 8 heterocycles. The van der Waals surface area contributed by atoms with Crippen LogP contribution in [0.25, 0.3) is 28.4 Å². The van der Waals surface area contributed by atoms with Crippen LogP contribution >= 0.6 is 0 Å². The first kappa shape index (κ1) is 79.5. The molecule has 8 aromatic heterocycles. The number of para-hydroxylation sites is 2. The van der Waals surface area contributed by atoms with Gasteiger partial charge in [0, 0.05) is 12.1 Å². The van der Waals surface area contributed by atoms with Crippen LogP contribution in [0.4, 0.5) is 48.5 Å². The fraction of sp³-hybridized carbons (Fsp3) is 0.169. The van der Waals surface area contributed by atoms with Crippen LogP contribution in [-0.2, 0) is 60.8 Å². The van der Waals surface area contributed by atoms with Crippen LogP contribution in [0, 0.1) is 77.7 Å². The van der Waals surface area contributed by atoms with Gasteiger partial charge in [-0.25, -0.2) is 61.1 Å². The van der Waals surface area contributed by atoms with Crippen molar-refractivity contribution in [3.05, 3.63) is 243 Å². The minimum absolute atomic E-state index is 0.00237. The number of terminal acetylenes is 2. The molecule has 0 fully saturated rings. The maximum absolute atomic E-state index is 13.3. The van der Waals surface area contributed by atoms with Crippen LogP contribution in [0.5, 0.6) is 0 Å². The van der Waals surface area contributed by atoms with Crippen molar-refractivity contribution in [3.8, 4) is 88.6 Å². The van der Waals surface area contributed by atoms with E-state index in [9.17, 15) is 22.8 Å². The number of benzene rings is 5. The zero-order valence-electron chi connectivity index (χ0n) is 60.4. The van der Waals surface area contributed by atoms with Crippen molar-refractivity contribution in [1.82, 2.24) is 105 Å². The number of nitrogens with two attached hydrogens (primary N) is 6. The number of aromatic nitrogens is 21. The number of esters is 2. The summed E-state index contributed by atoms with van der Waals surface area (Å²) in [6.45, 7) is 5.81. The number of anilines is 6. The average Bonchev–Trinajstić information content (AvgIpc) is 1.77. The summed E-state index contributed by atoms with van der Waals surface area (Å²) in [6.07, 6.45) is 23.0. The Morgan fingerprint density at radius 2 is 0.658 bits per heavy atom. The van der Waals surface area contributed by atoms with Gasteiger partial charge in [0.1, 0.15) is 17.5 Å². The maximum atomic E-state index is 13.3. The predicted octanol–water partition coefficient (Wildman–Crippen LogP) is 7.01. The summed E-state index contributed by atoms with van der Waals surface area (Å²) in [7, 11) is 2.69. The molecule has 0 saturated carbocycles. The Bertz CT molecular complexity index is 5650. The molecule has 34 heteroatoms. The summed E-state index contributed by atoms with van der Waals surface area (Å²) in [5.74, 6) is 19.1. The Morgan fingerprint density at radius 1 is 0.387 bits per heavy atom. The molecule has 0 atom stereocenters. The minimum Gasteiger partial charge on any atom is -0.465 e. The topological polar surface area (TPSA) is 440 Å². The number of ether oxygens (including phenoxy) is 2. The van der Waals surface area contributed by atoms with E-state index in [-0.39, 0.29) is 47.6 Å². The molecule has 31 nitrogen and oxygen atoms in total. The van der Waals surface area contributed by atoms with Crippen molar-refractivity contribution in [1.29, 1.82) is 0 Å². The smallest absolute Gasteiger partial charge is 0.337 e. The highest BCUT2D eigenvalue weighted by Gasteiger charge is 2.16. The van der Waals surface area contributed by atoms with Gasteiger partial charge in [-0.05, 0) is 92.1 Å². The molecule has 12 N–H and O–H groups in total. The van der Waals surface area contributed by atoms with Crippen molar-refractivity contribution in [2.75, 3.05) is 48.6 Å². The Labute approximate surface area is 634 Å². The lowest BCUT2D eigenvalue weighted by molar-refractivity contribution is 0.0592. The molecule has 111 heavy (non-hydrogen) atoms. The van der Waals surface area contributed by atoms with Gasteiger partial charge < -0.3 is 43.9 Å². The molecular weight excluding hydrogens is 1420 g/mol. The zero-order chi connectivity index (χ0) is 79.3. The summed E-state index contributed by atoms with van der Waals surface area (Å²) in [5.41, 5.74) is 46.1. The highest BCUT2D eigenvalue weighted by atomic mass is 19.2. The number of aryl methyl sites for hydroxylation is 3. The van der Waals surface area contributed by atoms with Crippen molar-refractivity contribution in [2.45, 2.75) is 72.1 Å². The van der Waals surface area contributed by atoms with E-state index >= 15 is 0 Å². The van der Waals surface area contributed by atoms with Crippen molar-refractivity contribution in [3.63, 3.8) is 0 Å². The van der Waals surface area contributed by atoms with E-state index in [1.54, 1.807) is 79.7 Å². The van der Waals surface area contributed by atoms with Gasteiger partial charge in [0.2, 0.25) is 17.8 Å². The molecule has 0 spiro atoms. The SMILES string of the molecule is C#CCc1cn(-c2ccc(C(=O)OC)cc2)nn1.C#CCc1cn(-c2ccccc2)nn1.CCc1nc(N)nc(N)c1C#CCc1cn(-c2cc(F)c(F)c(F)c2)nn1.CCc1nc(N)nc(N)c1C#CCc1cn(-c2ccc(C(=O)OC)cc2)nn1.CCc1nc(N)nc(N)c1C#CCc1cn(-c2ccccc2)nn1. The number of nitrogens with zero attached hydrogens (tertiary/aromatic N) is 21. The largest absolute Gasteiger partial charge is 0.465 e. The fourth-order valence-corrected chi connectivity index (χ4v) is 9.79. The van der Waals surface area contributed by atoms with Crippen molar-refractivity contribution < 1.29 is 32.2 Å². The molecular formula is C77H70F3N27O4. The van der Waals surface area contributed by atoms with E-state index in [4.69, 9.17) is 47.2 Å². The zero-order valence-corrected chi connectivity index (χ0v) is 60.4. The lowest BCUT2D eigenvalue weighted by atomic mass is 10.1. The third-order valence-electron chi connectivity index (χ3n) is 15.2. The number of rotatable bonds is 15. The first-order valence-corrected chi connectivity index (χ1v) is 33.5. The highest BCUT2D eigenvalue weighted by molar-refractivity contribution is 5.90. The van der Waals surface area contributed by atoms with Gasteiger partial charge in [0.25, 0.3) is 0 Å². The molecule has 0 aliphatic carbocycles. The van der Waals surface area contributed by atoms with Gasteiger partial charge in [-0.3, -0.25) is 0 Å². The second kappa shape index (κ2) is 38.9. The molecule has 0 amide bonds. The lowest BCUT2D eigenvalue weighted by Crippen LogP contribution is -2.06. The lowest BCUT2D eigenvalue weighted by Gasteiger charge is -2.04. The fourth-order valence-electron chi connectivity index (χ4n) is 9.79. The quantitative estimate of drug-likeness (QED) is 0.0341. The monoisotopic (exact) mass is 1490 g/mol. The van der Waals surface area contributed by atoms with Crippen LogP contribution in [0.2, 0.25) is 0 Å². The Kier molecular flexibility index (Phi) is 27.9. The van der Waals surface area contributed by atoms with Gasteiger partial charge >= 0.3 is 11.9 Å². The Balaban J connectivity index is 0.000000162.